The molecule has 0 aromatic carbocycles. The van der Waals surface area contributed by atoms with Crippen LogP contribution in [-0.4, -0.2) is 28.5 Å². The van der Waals surface area contributed by atoms with Crippen LogP contribution in [0.15, 0.2) is 12.4 Å². The number of rotatable bonds is 8. The van der Waals surface area contributed by atoms with Crippen LogP contribution < -0.4 is 11.3 Å². The van der Waals surface area contributed by atoms with Crippen molar-refractivity contribution in [2.24, 2.45) is 5.84 Å². The molecule has 5 nitrogen and oxygen atoms in total. The van der Waals surface area contributed by atoms with Crippen molar-refractivity contribution in [1.82, 2.24) is 15.2 Å². The van der Waals surface area contributed by atoms with Crippen molar-refractivity contribution in [3.8, 4) is 0 Å². The van der Waals surface area contributed by atoms with Gasteiger partial charge >= 0.3 is 0 Å². The zero-order valence-electron chi connectivity index (χ0n) is 11.9. The van der Waals surface area contributed by atoms with Gasteiger partial charge in [0, 0.05) is 19.9 Å². The molecule has 0 bridgehead atoms. The van der Waals surface area contributed by atoms with E-state index in [-0.39, 0.29) is 11.6 Å². The lowest BCUT2D eigenvalue weighted by Gasteiger charge is -2.38. The van der Waals surface area contributed by atoms with Crippen LogP contribution in [0.4, 0.5) is 0 Å². The average Bonchev–Trinajstić information content (AvgIpc) is 2.87. The molecule has 5 heteroatoms. The van der Waals surface area contributed by atoms with Crippen molar-refractivity contribution >= 4 is 0 Å². The van der Waals surface area contributed by atoms with Gasteiger partial charge in [0.2, 0.25) is 0 Å². The molecule has 0 radical (unpaired) electrons. The molecular formula is C13H26N4O. The van der Waals surface area contributed by atoms with Crippen LogP contribution in [0.1, 0.15) is 39.2 Å². The maximum Gasteiger partial charge on any atom is 0.0842 e. The molecule has 0 spiro atoms. The standard InChI is InChI=1S/C13H26N4O/c1-5-13(6-2,18-4)12(16-14)8-11-9-15-17(7-3)10-11/h9-10,12,16H,5-8,14H2,1-4H3. The lowest BCUT2D eigenvalue weighted by molar-refractivity contribution is -0.0473. The minimum Gasteiger partial charge on any atom is -0.377 e. The van der Waals surface area contributed by atoms with E-state index in [1.165, 1.54) is 5.56 Å². The monoisotopic (exact) mass is 254 g/mol. The van der Waals surface area contributed by atoms with Gasteiger partial charge in [0.1, 0.15) is 0 Å². The zero-order chi connectivity index (χ0) is 13.6. The molecule has 1 aromatic heterocycles. The van der Waals surface area contributed by atoms with Gasteiger partial charge in [0.15, 0.2) is 0 Å². The maximum absolute atomic E-state index is 5.72. The van der Waals surface area contributed by atoms with E-state index in [1.54, 1.807) is 7.11 Å². The summed E-state index contributed by atoms with van der Waals surface area (Å²) in [7, 11) is 1.76. The Bertz CT molecular complexity index is 338. The van der Waals surface area contributed by atoms with Crippen LogP contribution in [0.5, 0.6) is 0 Å². The fourth-order valence-corrected chi connectivity index (χ4v) is 2.49. The quantitative estimate of drug-likeness (QED) is 0.545. The summed E-state index contributed by atoms with van der Waals surface area (Å²) in [6.07, 6.45) is 6.65. The normalized spacial score (nSPS) is 13.8. The Labute approximate surface area is 110 Å². The topological polar surface area (TPSA) is 65.1 Å². The van der Waals surface area contributed by atoms with Gasteiger partial charge in [0.05, 0.1) is 17.8 Å². The second-order valence-electron chi connectivity index (χ2n) is 4.60. The first-order chi connectivity index (χ1) is 8.65. The number of aryl methyl sites for hydroxylation is 1. The van der Waals surface area contributed by atoms with Gasteiger partial charge in [0.25, 0.3) is 0 Å². The molecular weight excluding hydrogens is 228 g/mol. The number of hydrazine groups is 1. The molecule has 0 aliphatic rings. The molecule has 1 heterocycles. The van der Waals surface area contributed by atoms with Crippen molar-refractivity contribution in [2.45, 2.75) is 58.2 Å². The van der Waals surface area contributed by atoms with Crippen LogP contribution in [0.2, 0.25) is 0 Å². The van der Waals surface area contributed by atoms with Crippen LogP contribution in [0, 0.1) is 0 Å². The summed E-state index contributed by atoms with van der Waals surface area (Å²) in [4.78, 5) is 0. The van der Waals surface area contributed by atoms with Crippen LogP contribution >= 0.6 is 0 Å². The van der Waals surface area contributed by atoms with E-state index in [4.69, 9.17) is 10.6 Å². The van der Waals surface area contributed by atoms with Crippen molar-refractivity contribution in [3.63, 3.8) is 0 Å². The molecule has 1 atom stereocenters. The first-order valence-electron chi connectivity index (χ1n) is 6.68. The second-order valence-corrected chi connectivity index (χ2v) is 4.60. The molecule has 1 rings (SSSR count). The molecule has 1 aromatic rings. The number of hydrogen-bond acceptors (Lipinski definition) is 4. The highest BCUT2D eigenvalue weighted by Gasteiger charge is 2.35. The predicted molar refractivity (Wildman–Crippen MR) is 73.0 cm³/mol. The summed E-state index contributed by atoms with van der Waals surface area (Å²) >= 11 is 0. The van der Waals surface area contributed by atoms with Gasteiger partial charge in [-0.05, 0) is 31.7 Å². The number of hydrogen-bond donors (Lipinski definition) is 2. The summed E-state index contributed by atoms with van der Waals surface area (Å²) in [6.45, 7) is 7.23. The summed E-state index contributed by atoms with van der Waals surface area (Å²) in [5, 5.41) is 4.29. The number of aromatic nitrogens is 2. The van der Waals surface area contributed by atoms with Gasteiger partial charge in [-0.3, -0.25) is 16.0 Å². The van der Waals surface area contributed by atoms with E-state index in [0.29, 0.717) is 0 Å². The van der Waals surface area contributed by atoms with Crippen molar-refractivity contribution in [1.29, 1.82) is 0 Å². The molecule has 104 valence electrons. The Balaban J connectivity index is 2.82. The zero-order valence-corrected chi connectivity index (χ0v) is 11.9. The summed E-state index contributed by atoms with van der Waals surface area (Å²) < 4.78 is 7.65. The van der Waals surface area contributed by atoms with Gasteiger partial charge in [-0.1, -0.05) is 13.8 Å². The highest BCUT2D eigenvalue weighted by Crippen LogP contribution is 2.26. The number of methoxy groups -OCH3 is 1. The highest BCUT2D eigenvalue weighted by molar-refractivity contribution is 5.09. The Morgan fingerprint density at radius 3 is 2.50 bits per heavy atom. The van der Waals surface area contributed by atoms with E-state index in [1.807, 2.05) is 10.9 Å². The smallest absolute Gasteiger partial charge is 0.0842 e. The fraction of sp³-hybridized carbons (Fsp3) is 0.769. The molecule has 0 aliphatic heterocycles. The third-order valence-corrected chi connectivity index (χ3v) is 3.89. The molecule has 0 saturated heterocycles. The molecule has 0 fully saturated rings. The van der Waals surface area contributed by atoms with Gasteiger partial charge in [-0.25, -0.2) is 0 Å². The number of nitrogens with one attached hydrogen (secondary N) is 1. The molecule has 3 N–H and O–H groups in total. The lowest BCUT2D eigenvalue weighted by Crippen LogP contribution is -2.55. The molecule has 0 saturated carbocycles. The van der Waals surface area contributed by atoms with Crippen LogP contribution in [0.3, 0.4) is 0 Å². The van der Waals surface area contributed by atoms with E-state index in [9.17, 15) is 0 Å². The van der Waals surface area contributed by atoms with Crippen molar-refractivity contribution in [2.75, 3.05) is 7.11 Å². The Hall–Kier alpha value is -0.910. The van der Waals surface area contributed by atoms with Gasteiger partial charge < -0.3 is 4.74 Å². The molecule has 1 unspecified atom stereocenters. The summed E-state index contributed by atoms with van der Waals surface area (Å²) in [5.74, 6) is 5.72. The van der Waals surface area contributed by atoms with E-state index in [2.05, 4.69) is 37.5 Å². The Morgan fingerprint density at radius 1 is 1.44 bits per heavy atom. The lowest BCUT2D eigenvalue weighted by atomic mass is 9.85. The molecule has 18 heavy (non-hydrogen) atoms. The number of ether oxygens (including phenoxy) is 1. The minimum absolute atomic E-state index is 0.0898. The summed E-state index contributed by atoms with van der Waals surface area (Å²) in [6, 6.07) is 0.0898. The van der Waals surface area contributed by atoms with Crippen molar-refractivity contribution in [3.05, 3.63) is 18.0 Å². The molecule has 0 amide bonds. The largest absolute Gasteiger partial charge is 0.377 e. The minimum atomic E-state index is -0.219. The Kier molecular flexibility index (Phi) is 5.78. The Morgan fingerprint density at radius 2 is 2.11 bits per heavy atom. The predicted octanol–water partition coefficient (Wildman–Crippen LogP) is 1.48. The fourth-order valence-electron chi connectivity index (χ4n) is 2.49. The number of nitrogens with two attached hydrogens (primary N) is 1. The molecule has 0 aliphatic carbocycles. The van der Waals surface area contributed by atoms with Crippen LogP contribution in [-0.2, 0) is 17.7 Å². The van der Waals surface area contributed by atoms with Gasteiger partial charge in [-0.15, -0.1) is 0 Å². The first kappa shape index (κ1) is 15.1. The third-order valence-electron chi connectivity index (χ3n) is 3.89. The summed E-state index contributed by atoms with van der Waals surface area (Å²) in [5.41, 5.74) is 3.87. The average molecular weight is 254 g/mol. The maximum atomic E-state index is 5.72. The van der Waals surface area contributed by atoms with E-state index >= 15 is 0 Å². The van der Waals surface area contributed by atoms with Crippen molar-refractivity contribution < 1.29 is 4.74 Å². The second kappa shape index (κ2) is 6.87. The third kappa shape index (κ3) is 3.10. The van der Waals surface area contributed by atoms with Gasteiger partial charge in [-0.2, -0.15) is 5.10 Å². The van der Waals surface area contributed by atoms with Crippen LogP contribution in [0.25, 0.3) is 0 Å². The van der Waals surface area contributed by atoms with E-state index < -0.39 is 0 Å². The SMILES string of the molecule is CCn1cc(CC(NN)C(CC)(CC)OC)cn1. The van der Waals surface area contributed by atoms with E-state index in [0.717, 1.165) is 25.8 Å². The number of nitrogens with zero attached hydrogens (tertiary/aromatic N) is 2. The first-order valence-corrected chi connectivity index (χ1v) is 6.68. The highest BCUT2D eigenvalue weighted by atomic mass is 16.5.